The molecule has 0 aliphatic rings. The fourth-order valence-corrected chi connectivity index (χ4v) is 2.17. The molecule has 0 saturated carbocycles. The van der Waals surface area contributed by atoms with Crippen LogP contribution in [0.2, 0.25) is 5.02 Å². The highest BCUT2D eigenvalue weighted by atomic mass is 35.5. The third-order valence-corrected chi connectivity index (χ3v) is 3.32. The molecule has 112 valence electrons. The molecule has 0 radical (unpaired) electrons. The minimum Gasteiger partial charge on any atom is -0.496 e. The Morgan fingerprint density at radius 1 is 0.952 bits per heavy atom. The van der Waals surface area contributed by atoms with Gasteiger partial charge in [-0.2, -0.15) is 0 Å². The first kappa shape index (κ1) is 15.5. The van der Waals surface area contributed by atoms with E-state index in [1.54, 1.807) is 20.3 Å². The van der Waals surface area contributed by atoms with Gasteiger partial charge in [0.1, 0.15) is 12.4 Å². The fourth-order valence-electron chi connectivity index (χ4n) is 1.98. The number of hydrogen-bond donors (Lipinski definition) is 1. The van der Waals surface area contributed by atoms with Gasteiger partial charge in [0.15, 0.2) is 11.5 Å². The molecule has 4 nitrogen and oxygen atoms in total. The van der Waals surface area contributed by atoms with Crippen LogP contribution in [0.5, 0.6) is 17.2 Å². The molecule has 2 aromatic carbocycles. The first-order valence-corrected chi connectivity index (χ1v) is 6.88. The van der Waals surface area contributed by atoms with Crippen molar-refractivity contribution in [2.75, 3.05) is 14.2 Å². The summed E-state index contributed by atoms with van der Waals surface area (Å²) < 4.78 is 16.4. The van der Waals surface area contributed by atoms with Crippen molar-refractivity contribution >= 4 is 11.6 Å². The number of halogens is 1. The van der Waals surface area contributed by atoms with Crippen LogP contribution in [0.3, 0.4) is 0 Å². The first-order valence-electron chi connectivity index (χ1n) is 6.50. The second-order valence-corrected chi connectivity index (χ2v) is 4.87. The summed E-state index contributed by atoms with van der Waals surface area (Å²) in [6.45, 7) is 0.773. The molecule has 21 heavy (non-hydrogen) atoms. The lowest BCUT2D eigenvalue weighted by Gasteiger charge is -2.14. The number of rotatable bonds is 6. The monoisotopic (exact) mass is 307 g/mol. The maximum Gasteiger partial charge on any atom is 0.161 e. The van der Waals surface area contributed by atoms with Gasteiger partial charge < -0.3 is 19.9 Å². The van der Waals surface area contributed by atoms with E-state index in [-0.39, 0.29) is 0 Å². The number of ether oxygens (including phenoxy) is 3. The highest BCUT2D eigenvalue weighted by Crippen LogP contribution is 2.30. The van der Waals surface area contributed by atoms with E-state index in [0.29, 0.717) is 29.7 Å². The molecule has 0 heterocycles. The van der Waals surface area contributed by atoms with E-state index in [2.05, 4.69) is 0 Å². The van der Waals surface area contributed by atoms with Gasteiger partial charge in [-0.05, 0) is 35.9 Å². The molecule has 0 spiro atoms. The molecule has 2 aromatic rings. The lowest BCUT2D eigenvalue weighted by atomic mass is 10.2. The van der Waals surface area contributed by atoms with Crippen molar-refractivity contribution in [3.63, 3.8) is 0 Å². The largest absolute Gasteiger partial charge is 0.496 e. The van der Waals surface area contributed by atoms with Crippen molar-refractivity contribution in [2.45, 2.75) is 13.2 Å². The van der Waals surface area contributed by atoms with E-state index >= 15 is 0 Å². The van der Waals surface area contributed by atoms with Gasteiger partial charge in [0.2, 0.25) is 0 Å². The molecule has 0 saturated heterocycles. The average Bonchev–Trinajstić information content (AvgIpc) is 2.52. The van der Waals surface area contributed by atoms with Crippen molar-refractivity contribution < 1.29 is 14.2 Å². The summed E-state index contributed by atoms with van der Waals surface area (Å²) in [6.07, 6.45) is 0. The van der Waals surface area contributed by atoms with Crippen LogP contribution in [0.15, 0.2) is 36.4 Å². The second-order valence-electron chi connectivity index (χ2n) is 4.43. The average molecular weight is 308 g/mol. The van der Waals surface area contributed by atoms with Crippen LogP contribution in [0.1, 0.15) is 11.1 Å². The molecule has 0 aliphatic heterocycles. The van der Waals surface area contributed by atoms with Crippen LogP contribution in [0, 0.1) is 0 Å². The standard InChI is InChI=1S/C16H18ClNO3/c1-19-14-6-4-13(17)8-12(14)10-21-16-7-11(9-18)3-5-15(16)20-2/h3-8H,9-10,18H2,1-2H3. The maximum absolute atomic E-state index is 6.01. The lowest BCUT2D eigenvalue weighted by Crippen LogP contribution is -2.02. The summed E-state index contributed by atoms with van der Waals surface area (Å²) in [5.41, 5.74) is 7.49. The van der Waals surface area contributed by atoms with Crippen LogP contribution in [0.4, 0.5) is 0 Å². The number of benzene rings is 2. The Morgan fingerprint density at radius 3 is 2.33 bits per heavy atom. The molecule has 0 bridgehead atoms. The second kappa shape index (κ2) is 7.20. The Hall–Kier alpha value is -1.91. The zero-order valence-electron chi connectivity index (χ0n) is 12.1. The van der Waals surface area contributed by atoms with E-state index in [4.69, 9.17) is 31.5 Å². The predicted molar refractivity (Wildman–Crippen MR) is 83.2 cm³/mol. The summed E-state index contributed by atoms with van der Waals surface area (Å²) in [7, 11) is 3.21. The molecule has 0 aliphatic carbocycles. The Balaban J connectivity index is 2.21. The Morgan fingerprint density at radius 2 is 1.67 bits per heavy atom. The van der Waals surface area contributed by atoms with E-state index in [9.17, 15) is 0 Å². The highest BCUT2D eigenvalue weighted by molar-refractivity contribution is 6.30. The van der Waals surface area contributed by atoms with Gasteiger partial charge in [-0.15, -0.1) is 0 Å². The van der Waals surface area contributed by atoms with E-state index < -0.39 is 0 Å². The minimum absolute atomic E-state index is 0.327. The zero-order valence-corrected chi connectivity index (χ0v) is 12.8. The normalized spacial score (nSPS) is 10.3. The van der Waals surface area contributed by atoms with Gasteiger partial charge in [-0.3, -0.25) is 0 Å². The van der Waals surface area contributed by atoms with Crippen LogP contribution in [0.25, 0.3) is 0 Å². The summed E-state index contributed by atoms with van der Waals surface area (Å²) in [6, 6.07) is 11.0. The molecular weight excluding hydrogens is 290 g/mol. The summed E-state index contributed by atoms with van der Waals surface area (Å²) in [5, 5.41) is 0.636. The van der Waals surface area contributed by atoms with Crippen molar-refractivity contribution in [2.24, 2.45) is 5.73 Å². The summed E-state index contributed by atoms with van der Waals surface area (Å²) in [4.78, 5) is 0. The van der Waals surface area contributed by atoms with E-state index in [1.807, 2.05) is 30.3 Å². The molecule has 0 unspecified atom stereocenters. The van der Waals surface area contributed by atoms with Gasteiger partial charge in [-0.25, -0.2) is 0 Å². The fraction of sp³-hybridized carbons (Fsp3) is 0.250. The third kappa shape index (κ3) is 3.80. The van der Waals surface area contributed by atoms with Crippen molar-refractivity contribution in [3.8, 4) is 17.2 Å². The topological polar surface area (TPSA) is 53.7 Å². The Bertz CT molecular complexity index is 616. The summed E-state index contributed by atoms with van der Waals surface area (Å²) in [5.74, 6) is 2.03. The molecule has 0 aromatic heterocycles. The first-order chi connectivity index (χ1) is 10.2. The molecule has 0 amide bonds. The molecule has 2 rings (SSSR count). The van der Waals surface area contributed by atoms with Crippen LogP contribution in [-0.4, -0.2) is 14.2 Å². The van der Waals surface area contributed by atoms with Crippen molar-refractivity contribution in [1.82, 2.24) is 0 Å². The Kier molecular flexibility index (Phi) is 5.31. The number of hydrogen-bond acceptors (Lipinski definition) is 4. The maximum atomic E-state index is 6.01. The van der Waals surface area contributed by atoms with Gasteiger partial charge in [0, 0.05) is 17.1 Å². The third-order valence-electron chi connectivity index (χ3n) is 3.09. The van der Waals surface area contributed by atoms with E-state index in [0.717, 1.165) is 16.9 Å². The van der Waals surface area contributed by atoms with Gasteiger partial charge in [0.25, 0.3) is 0 Å². The highest BCUT2D eigenvalue weighted by Gasteiger charge is 2.09. The van der Waals surface area contributed by atoms with Crippen LogP contribution in [-0.2, 0) is 13.2 Å². The van der Waals surface area contributed by atoms with Crippen molar-refractivity contribution in [3.05, 3.63) is 52.5 Å². The zero-order chi connectivity index (χ0) is 15.2. The predicted octanol–water partition coefficient (Wildman–Crippen LogP) is 3.39. The quantitative estimate of drug-likeness (QED) is 0.888. The molecule has 2 N–H and O–H groups in total. The number of nitrogens with two attached hydrogens (primary N) is 1. The molecular formula is C16H18ClNO3. The van der Waals surface area contributed by atoms with Crippen LogP contribution >= 0.6 is 11.6 Å². The van der Waals surface area contributed by atoms with Gasteiger partial charge >= 0.3 is 0 Å². The molecule has 0 atom stereocenters. The molecule has 5 heteroatoms. The Labute approximate surface area is 129 Å². The smallest absolute Gasteiger partial charge is 0.161 e. The SMILES string of the molecule is COc1ccc(Cl)cc1COc1cc(CN)ccc1OC. The number of methoxy groups -OCH3 is 2. The van der Waals surface area contributed by atoms with Gasteiger partial charge in [-0.1, -0.05) is 17.7 Å². The van der Waals surface area contributed by atoms with E-state index in [1.165, 1.54) is 0 Å². The minimum atomic E-state index is 0.327. The lowest BCUT2D eigenvalue weighted by molar-refractivity contribution is 0.278. The van der Waals surface area contributed by atoms with Gasteiger partial charge in [0.05, 0.1) is 14.2 Å². The van der Waals surface area contributed by atoms with Crippen LogP contribution < -0.4 is 19.9 Å². The summed E-state index contributed by atoms with van der Waals surface area (Å²) >= 11 is 6.01. The molecule has 0 fully saturated rings. The van der Waals surface area contributed by atoms with Crippen molar-refractivity contribution in [1.29, 1.82) is 0 Å².